The van der Waals surface area contributed by atoms with E-state index in [0.29, 0.717) is 6.54 Å². The molecule has 3 N–H and O–H groups in total. The van der Waals surface area contributed by atoms with Crippen LogP contribution < -0.4 is 10.6 Å². The Balaban J connectivity index is 2.57. The van der Waals surface area contributed by atoms with E-state index in [2.05, 4.69) is 46.2 Å². The number of urea groups is 1. The van der Waals surface area contributed by atoms with Gasteiger partial charge in [-0.05, 0) is 35.5 Å². The molecule has 1 rings (SSSR count). The standard InChI is InChI=1S/C13H23N3O2S/c1-3-16(4-2)12(11-5-8-19-10-11)9-15-13(18)14-6-7-17/h5,8,10,12,17H,3-4,6-7,9H2,1-2H3,(H2,14,15,18). The number of aliphatic hydroxyl groups is 1. The molecule has 1 atom stereocenters. The summed E-state index contributed by atoms with van der Waals surface area (Å²) in [7, 11) is 0. The average Bonchev–Trinajstić information content (AvgIpc) is 2.94. The van der Waals surface area contributed by atoms with E-state index in [1.165, 1.54) is 5.56 Å². The van der Waals surface area contributed by atoms with Gasteiger partial charge >= 0.3 is 6.03 Å². The third kappa shape index (κ3) is 5.18. The second-order valence-corrected chi connectivity index (χ2v) is 4.93. The fourth-order valence-corrected chi connectivity index (χ4v) is 2.72. The van der Waals surface area contributed by atoms with Gasteiger partial charge in [-0.2, -0.15) is 11.3 Å². The molecule has 0 bridgehead atoms. The third-order valence-corrected chi connectivity index (χ3v) is 3.74. The first-order valence-electron chi connectivity index (χ1n) is 6.61. The lowest BCUT2D eigenvalue weighted by molar-refractivity contribution is 0.205. The van der Waals surface area contributed by atoms with E-state index in [1.54, 1.807) is 11.3 Å². The first-order valence-corrected chi connectivity index (χ1v) is 7.55. The molecule has 5 nitrogen and oxygen atoms in total. The highest BCUT2D eigenvalue weighted by molar-refractivity contribution is 7.07. The lowest BCUT2D eigenvalue weighted by Crippen LogP contribution is -2.42. The van der Waals surface area contributed by atoms with Gasteiger partial charge in [0.25, 0.3) is 0 Å². The summed E-state index contributed by atoms with van der Waals surface area (Å²) in [4.78, 5) is 13.8. The number of hydrogen-bond donors (Lipinski definition) is 3. The van der Waals surface area contributed by atoms with Crippen LogP contribution in [0.3, 0.4) is 0 Å². The molecule has 19 heavy (non-hydrogen) atoms. The lowest BCUT2D eigenvalue weighted by atomic mass is 10.1. The molecule has 1 aromatic rings. The predicted molar refractivity (Wildman–Crippen MR) is 78.5 cm³/mol. The number of nitrogens with zero attached hydrogens (tertiary/aromatic N) is 1. The Kier molecular flexibility index (Phi) is 7.47. The summed E-state index contributed by atoms with van der Waals surface area (Å²) >= 11 is 1.67. The third-order valence-electron chi connectivity index (χ3n) is 3.03. The lowest BCUT2D eigenvalue weighted by Gasteiger charge is -2.29. The largest absolute Gasteiger partial charge is 0.395 e. The molecule has 2 amide bonds. The van der Waals surface area contributed by atoms with Gasteiger partial charge in [-0.1, -0.05) is 13.8 Å². The van der Waals surface area contributed by atoms with Crippen molar-refractivity contribution in [3.8, 4) is 0 Å². The maximum atomic E-state index is 11.5. The number of likely N-dealkylation sites (N-methyl/N-ethyl adjacent to an activating group) is 1. The summed E-state index contributed by atoms with van der Waals surface area (Å²) in [5.74, 6) is 0. The minimum absolute atomic E-state index is 0.0442. The van der Waals surface area contributed by atoms with Crippen molar-refractivity contribution in [3.05, 3.63) is 22.4 Å². The molecule has 1 heterocycles. The van der Waals surface area contributed by atoms with Gasteiger partial charge < -0.3 is 15.7 Å². The van der Waals surface area contributed by atoms with Crippen LogP contribution in [0.5, 0.6) is 0 Å². The van der Waals surface area contributed by atoms with Gasteiger partial charge in [0.2, 0.25) is 0 Å². The molecular weight excluding hydrogens is 262 g/mol. The summed E-state index contributed by atoms with van der Waals surface area (Å²) in [5, 5.41) is 18.3. The van der Waals surface area contributed by atoms with E-state index >= 15 is 0 Å². The van der Waals surface area contributed by atoms with Crippen LogP contribution in [0.15, 0.2) is 16.8 Å². The zero-order valence-corrected chi connectivity index (χ0v) is 12.4. The van der Waals surface area contributed by atoms with Crippen LogP contribution in [-0.4, -0.2) is 48.8 Å². The number of hydrogen-bond acceptors (Lipinski definition) is 4. The Labute approximate surface area is 118 Å². The van der Waals surface area contributed by atoms with Crippen LogP contribution in [0.2, 0.25) is 0 Å². The van der Waals surface area contributed by atoms with Crippen LogP contribution in [0, 0.1) is 0 Å². The van der Waals surface area contributed by atoms with Gasteiger partial charge in [-0.3, -0.25) is 4.90 Å². The van der Waals surface area contributed by atoms with Crippen molar-refractivity contribution in [2.75, 3.05) is 32.8 Å². The van der Waals surface area contributed by atoms with Crippen molar-refractivity contribution < 1.29 is 9.90 Å². The normalized spacial score (nSPS) is 12.4. The fraction of sp³-hybridized carbons (Fsp3) is 0.615. The molecule has 1 aromatic heterocycles. The van der Waals surface area contributed by atoms with Crippen LogP contribution in [0.25, 0.3) is 0 Å². The van der Waals surface area contributed by atoms with Crippen molar-refractivity contribution in [3.63, 3.8) is 0 Å². The number of nitrogens with one attached hydrogen (secondary N) is 2. The minimum Gasteiger partial charge on any atom is -0.395 e. The second-order valence-electron chi connectivity index (χ2n) is 4.15. The molecule has 0 aliphatic carbocycles. The summed E-state index contributed by atoms with van der Waals surface area (Å²) < 4.78 is 0. The Morgan fingerprint density at radius 1 is 1.42 bits per heavy atom. The molecule has 0 fully saturated rings. The Morgan fingerprint density at radius 3 is 2.68 bits per heavy atom. The summed E-state index contributed by atoms with van der Waals surface area (Å²) in [5.41, 5.74) is 1.23. The smallest absolute Gasteiger partial charge is 0.314 e. The Bertz CT molecular complexity index is 353. The van der Waals surface area contributed by atoms with E-state index in [-0.39, 0.29) is 25.2 Å². The summed E-state index contributed by atoms with van der Waals surface area (Å²) in [6, 6.07) is 2.06. The van der Waals surface area contributed by atoms with E-state index in [1.807, 2.05) is 0 Å². The van der Waals surface area contributed by atoms with Crippen LogP contribution in [-0.2, 0) is 0 Å². The van der Waals surface area contributed by atoms with Crippen molar-refractivity contribution >= 4 is 17.4 Å². The number of rotatable bonds is 8. The molecule has 0 radical (unpaired) electrons. The molecule has 6 heteroatoms. The van der Waals surface area contributed by atoms with E-state index in [0.717, 1.165) is 13.1 Å². The van der Waals surface area contributed by atoms with E-state index < -0.39 is 0 Å². The monoisotopic (exact) mass is 285 g/mol. The molecule has 0 saturated heterocycles. The Hall–Kier alpha value is -1.11. The van der Waals surface area contributed by atoms with Gasteiger partial charge in [0.15, 0.2) is 0 Å². The zero-order chi connectivity index (χ0) is 14.1. The quantitative estimate of drug-likeness (QED) is 0.677. The molecular formula is C13H23N3O2S. The second kappa shape index (κ2) is 8.90. The highest BCUT2D eigenvalue weighted by atomic mass is 32.1. The predicted octanol–water partition coefficient (Wildman–Crippen LogP) is 1.42. The number of aliphatic hydroxyl groups excluding tert-OH is 1. The first-order chi connectivity index (χ1) is 9.22. The molecule has 0 aliphatic rings. The average molecular weight is 285 g/mol. The van der Waals surface area contributed by atoms with Crippen molar-refractivity contribution in [1.29, 1.82) is 0 Å². The van der Waals surface area contributed by atoms with Crippen molar-refractivity contribution in [1.82, 2.24) is 15.5 Å². The molecule has 0 aromatic carbocycles. The first kappa shape index (κ1) is 15.9. The maximum absolute atomic E-state index is 11.5. The SMILES string of the molecule is CCN(CC)C(CNC(=O)NCCO)c1ccsc1. The van der Waals surface area contributed by atoms with Gasteiger partial charge in [0, 0.05) is 13.1 Å². The molecule has 0 aliphatic heterocycles. The Morgan fingerprint density at radius 2 is 2.16 bits per heavy atom. The van der Waals surface area contributed by atoms with Crippen molar-refractivity contribution in [2.45, 2.75) is 19.9 Å². The van der Waals surface area contributed by atoms with Crippen LogP contribution in [0.4, 0.5) is 4.79 Å². The minimum atomic E-state index is -0.235. The number of thiophene rings is 1. The topological polar surface area (TPSA) is 64.6 Å². The highest BCUT2D eigenvalue weighted by Gasteiger charge is 2.18. The van der Waals surface area contributed by atoms with Gasteiger partial charge in [-0.25, -0.2) is 4.79 Å². The molecule has 0 saturated carbocycles. The van der Waals surface area contributed by atoms with E-state index in [4.69, 9.17) is 5.11 Å². The van der Waals surface area contributed by atoms with Gasteiger partial charge in [0.05, 0.1) is 12.6 Å². The van der Waals surface area contributed by atoms with Gasteiger partial charge in [-0.15, -0.1) is 0 Å². The van der Waals surface area contributed by atoms with Crippen LogP contribution >= 0.6 is 11.3 Å². The highest BCUT2D eigenvalue weighted by Crippen LogP contribution is 2.22. The van der Waals surface area contributed by atoms with Crippen LogP contribution in [0.1, 0.15) is 25.5 Å². The molecule has 1 unspecified atom stereocenters. The summed E-state index contributed by atoms with van der Waals surface area (Å²) in [6.45, 7) is 6.92. The molecule has 108 valence electrons. The van der Waals surface area contributed by atoms with Gasteiger partial charge in [0.1, 0.15) is 0 Å². The maximum Gasteiger partial charge on any atom is 0.314 e. The fourth-order valence-electron chi connectivity index (χ4n) is 2.01. The molecule has 0 spiro atoms. The summed E-state index contributed by atoms with van der Waals surface area (Å²) in [6.07, 6.45) is 0. The zero-order valence-electron chi connectivity index (χ0n) is 11.6. The number of amides is 2. The van der Waals surface area contributed by atoms with Crippen molar-refractivity contribution in [2.24, 2.45) is 0 Å². The van der Waals surface area contributed by atoms with E-state index in [9.17, 15) is 4.79 Å². The number of carbonyl (C=O) groups excluding carboxylic acids is 1. The number of carbonyl (C=O) groups is 1.